The fourth-order valence-electron chi connectivity index (χ4n) is 2.25. The van der Waals surface area contributed by atoms with Gasteiger partial charge in [-0.15, -0.1) is 11.3 Å². The van der Waals surface area contributed by atoms with Gasteiger partial charge >= 0.3 is 0 Å². The summed E-state index contributed by atoms with van der Waals surface area (Å²) in [5.74, 6) is 0. The van der Waals surface area contributed by atoms with Crippen molar-refractivity contribution < 1.29 is 0 Å². The average molecular weight is 283 g/mol. The quantitative estimate of drug-likeness (QED) is 0.702. The minimum absolute atomic E-state index is 0.203. The van der Waals surface area contributed by atoms with E-state index >= 15 is 0 Å². The van der Waals surface area contributed by atoms with E-state index in [1.54, 1.807) is 11.3 Å². The van der Waals surface area contributed by atoms with E-state index in [-0.39, 0.29) is 6.04 Å². The number of hydrogen-bond donors (Lipinski definition) is 2. The summed E-state index contributed by atoms with van der Waals surface area (Å²) in [6.45, 7) is 4.23. The van der Waals surface area contributed by atoms with Crippen molar-refractivity contribution in [2.75, 3.05) is 11.1 Å². The van der Waals surface area contributed by atoms with Crippen molar-refractivity contribution in [3.63, 3.8) is 0 Å². The maximum absolute atomic E-state index is 6.20. The number of rotatable bonds is 3. The van der Waals surface area contributed by atoms with Crippen molar-refractivity contribution >= 4 is 32.9 Å². The zero-order valence-electron chi connectivity index (χ0n) is 11.6. The van der Waals surface area contributed by atoms with Gasteiger partial charge < -0.3 is 11.1 Å². The van der Waals surface area contributed by atoms with Crippen LogP contribution in [0.3, 0.4) is 0 Å². The third-order valence-corrected chi connectivity index (χ3v) is 4.29. The first kappa shape index (κ1) is 12.9. The zero-order valence-corrected chi connectivity index (χ0v) is 12.4. The van der Waals surface area contributed by atoms with Gasteiger partial charge in [-0.3, -0.25) is 0 Å². The van der Waals surface area contributed by atoms with Gasteiger partial charge in [-0.05, 0) is 31.5 Å². The topological polar surface area (TPSA) is 50.9 Å². The number of nitrogen functional groups attached to an aromatic ring is 1. The maximum Gasteiger partial charge on any atom is 0.106 e. The summed E-state index contributed by atoms with van der Waals surface area (Å²) in [6, 6.07) is 12.8. The van der Waals surface area contributed by atoms with Gasteiger partial charge in [0, 0.05) is 6.04 Å². The SMILES string of the molecule is Cc1ccc(C(C)Nc2ccc3scnc3c2N)cc1. The van der Waals surface area contributed by atoms with Gasteiger partial charge in [0.2, 0.25) is 0 Å². The molecule has 0 radical (unpaired) electrons. The third-order valence-electron chi connectivity index (χ3n) is 3.49. The first-order valence-electron chi connectivity index (χ1n) is 6.60. The predicted molar refractivity (Wildman–Crippen MR) is 87.2 cm³/mol. The maximum atomic E-state index is 6.20. The van der Waals surface area contributed by atoms with E-state index in [2.05, 4.69) is 54.5 Å². The number of fused-ring (bicyclic) bond motifs is 1. The summed E-state index contributed by atoms with van der Waals surface area (Å²) >= 11 is 1.61. The molecule has 0 bridgehead atoms. The minimum atomic E-state index is 0.203. The van der Waals surface area contributed by atoms with Crippen LogP contribution in [-0.4, -0.2) is 4.98 Å². The Labute approximate surface area is 122 Å². The van der Waals surface area contributed by atoms with E-state index in [1.165, 1.54) is 11.1 Å². The summed E-state index contributed by atoms with van der Waals surface area (Å²) in [5.41, 5.74) is 13.1. The molecule has 0 spiro atoms. The van der Waals surface area contributed by atoms with E-state index in [4.69, 9.17) is 5.73 Å². The lowest BCUT2D eigenvalue weighted by Gasteiger charge is -2.17. The van der Waals surface area contributed by atoms with E-state index in [0.29, 0.717) is 0 Å². The Morgan fingerprint density at radius 3 is 2.65 bits per heavy atom. The molecule has 3 N–H and O–H groups in total. The number of aromatic nitrogens is 1. The molecule has 0 saturated carbocycles. The number of nitrogens with zero attached hydrogens (tertiary/aromatic N) is 1. The number of benzene rings is 2. The van der Waals surface area contributed by atoms with Crippen LogP contribution in [0.25, 0.3) is 10.2 Å². The molecule has 1 aromatic heterocycles. The average Bonchev–Trinajstić information content (AvgIpc) is 2.92. The van der Waals surface area contributed by atoms with Gasteiger partial charge in [0.05, 0.1) is 21.6 Å². The molecule has 0 amide bonds. The second-order valence-electron chi connectivity index (χ2n) is 5.00. The van der Waals surface area contributed by atoms with Crippen LogP contribution < -0.4 is 11.1 Å². The summed E-state index contributed by atoms with van der Waals surface area (Å²) in [5, 5.41) is 3.47. The van der Waals surface area contributed by atoms with Gasteiger partial charge in [0.1, 0.15) is 5.52 Å². The largest absolute Gasteiger partial charge is 0.395 e. The zero-order chi connectivity index (χ0) is 14.1. The Kier molecular flexibility index (Phi) is 3.32. The fraction of sp³-hybridized carbons (Fsp3) is 0.188. The van der Waals surface area contributed by atoms with Crippen LogP contribution in [0, 0.1) is 6.92 Å². The highest BCUT2D eigenvalue weighted by Crippen LogP contribution is 2.32. The molecule has 3 rings (SSSR count). The Balaban J connectivity index is 1.88. The highest BCUT2D eigenvalue weighted by atomic mass is 32.1. The highest BCUT2D eigenvalue weighted by molar-refractivity contribution is 7.16. The molecule has 1 heterocycles. The number of anilines is 2. The van der Waals surface area contributed by atoms with Gasteiger partial charge in [-0.25, -0.2) is 4.98 Å². The Bertz CT molecular complexity index is 731. The van der Waals surface area contributed by atoms with Gasteiger partial charge in [0.15, 0.2) is 0 Å². The Hall–Kier alpha value is -2.07. The molecule has 102 valence electrons. The van der Waals surface area contributed by atoms with Crippen molar-refractivity contribution in [1.29, 1.82) is 0 Å². The molecular weight excluding hydrogens is 266 g/mol. The van der Waals surface area contributed by atoms with Gasteiger partial charge in [-0.1, -0.05) is 29.8 Å². The second kappa shape index (κ2) is 5.13. The summed E-state index contributed by atoms with van der Waals surface area (Å²) in [6.07, 6.45) is 0. The minimum Gasteiger partial charge on any atom is -0.395 e. The molecule has 3 aromatic rings. The van der Waals surface area contributed by atoms with E-state index in [0.717, 1.165) is 21.6 Å². The molecule has 2 aromatic carbocycles. The van der Waals surface area contributed by atoms with Gasteiger partial charge in [0.25, 0.3) is 0 Å². The van der Waals surface area contributed by atoms with Crippen LogP contribution in [0.2, 0.25) is 0 Å². The standard InChI is InChI=1S/C16H17N3S/c1-10-3-5-12(6-4-10)11(2)19-13-7-8-14-16(15(13)17)18-9-20-14/h3-9,11,19H,17H2,1-2H3. The number of nitrogens with two attached hydrogens (primary N) is 1. The number of nitrogens with one attached hydrogen (secondary N) is 1. The number of hydrogen-bond acceptors (Lipinski definition) is 4. The summed E-state index contributed by atoms with van der Waals surface area (Å²) in [4.78, 5) is 4.32. The second-order valence-corrected chi connectivity index (χ2v) is 5.89. The highest BCUT2D eigenvalue weighted by Gasteiger charge is 2.10. The van der Waals surface area contributed by atoms with Crippen LogP contribution in [0.15, 0.2) is 41.9 Å². The van der Waals surface area contributed by atoms with Crippen molar-refractivity contribution in [1.82, 2.24) is 4.98 Å². The molecule has 4 heteroatoms. The molecule has 1 atom stereocenters. The van der Waals surface area contributed by atoms with Crippen LogP contribution in [0.1, 0.15) is 24.1 Å². The Morgan fingerprint density at radius 1 is 1.15 bits per heavy atom. The van der Waals surface area contributed by atoms with Crippen molar-refractivity contribution in [2.24, 2.45) is 0 Å². The lowest BCUT2D eigenvalue weighted by Crippen LogP contribution is -2.08. The van der Waals surface area contributed by atoms with Gasteiger partial charge in [-0.2, -0.15) is 0 Å². The smallest absolute Gasteiger partial charge is 0.106 e. The van der Waals surface area contributed by atoms with E-state index in [1.807, 2.05) is 11.6 Å². The fourth-order valence-corrected chi connectivity index (χ4v) is 2.94. The molecule has 1 unspecified atom stereocenters. The predicted octanol–water partition coefficient (Wildman–Crippen LogP) is 4.36. The Morgan fingerprint density at radius 2 is 1.90 bits per heavy atom. The molecular formula is C16H17N3S. The van der Waals surface area contributed by atoms with Crippen molar-refractivity contribution in [3.05, 3.63) is 53.0 Å². The lowest BCUT2D eigenvalue weighted by molar-refractivity contribution is 0.885. The normalized spacial score (nSPS) is 12.5. The lowest BCUT2D eigenvalue weighted by atomic mass is 10.1. The molecule has 0 aliphatic heterocycles. The van der Waals surface area contributed by atoms with Crippen molar-refractivity contribution in [2.45, 2.75) is 19.9 Å². The summed E-state index contributed by atoms with van der Waals surface area (Å²) in [7, 11) is 0. The number of thiazole rings is 1. The molecule has 3 nitrogen and oxygen atoms in total. The van der Waals surface area contributed by atoms with Crippen LogP contribution in [0.4, 0.5) is 11.4 Å². The summed E-state index contributed by atoms with van der Waals surface area (Å²) < 4.78 is 1.12. The first-order valence-corrected chi connectivity index (χ1v) is 7.48. The molecule has 0 saturated heterocycles. The van der Waals surface area contributed by atoms with E-state index < -0.39 is 0 Å². The van der Waals surface area contributed by atoms with Crippen molar-refractivity contribution in [3.8, 4) is 0 Å². The molecule has 0 fully saturated rings. The van der Waals surface area contributed by atoms with Crippen LogP contribution >= 0.6 is 11.3 Å². The van der Waals surface area contributed by atoms with E-state index in [9.17, 15) is 0 Å². The number of aryl methyl sites for hydroxylation is 1. The molecule has 0 aliphatic rings. The monoisotopic (exact) mass is 283 g/mol. The van der Waals surface area contributed by atoms with Crippen LogP contribution in [0.5, 0.6) is 0 Å². The first-order chi connectivity index (χ1) is 9.65. The molecule has 20 heavy (non-hydrogen) atoms. The van der Waals surface area contributed by atoms with Crippen LogP contribution in [-0.2, 0) is 0 Å². The molecule has 0 aliphatic carbocycles. The third kappa shape index (κ3) is 2.34.